The Bertz CT molecular complexity index is 1170. The highest BCUT2D eigenvalue weighted by molar-refractivity contribution is 9.10. The molecule has 2 heterocycles. The maximum absolute atomic E-state index is 12.6. The summed E-state index contributed by atoms with van der Waals surface area (Å²) in [4.78, 5) is 17.3. The van der Waals surface area contributed by atoms with Gasteiger partial charge < -0.3 is 10.1 Å². The van der Waals surface area contributed by atoms with E-state index in [1.165, 1.54) is 0 Å². The molecule has 4 rings (SSSR count). The molecule has 0 spiro atoms. The lowest BCUT2D eigenvalue weighted by Gasteiger charge is -2.06. The standard InChI is InChI=1S/C22H19BrN4O2/c1-3-29-18-10-4-15(5-11-18)19-12-14(2)27-21(25-19)13-20(26-27)22(28)24-17-8-6-16(23)7-9-17/h4-13H,3H2,1-2H3,(H,24,28). The number of carbonyl (C=O) groups excluding carboxylic acids is 1. The van der Waals surface area contributed by atoms with Crippen LogP contribution >= 0.6 is 15.9 Å². The monoisotopic (exact) mass is 450 g/mol. The van der Waals surface area contributed by atoms with Gasteiger partial charge in [-0.05, 0) is 68.4 Å². The van der Waals surface area contributed by atoms with Gasteiger partial charge in [0, 0.05) is 27.5 Å². The van der Waals surface area contributed by atoms with Gasteiger partial charge in [-0.2, -0.15) is 5.10 Å². The van der Waals surface area contributed by atoms with Gasteiger partial charge in [0.2, 0.25) is 0 Å². The molecule has 0 aliphatic rings. The molecule has 0 unspecified atom stereocenters. The number of benzene rings is 2. The Morgan fingerprint density at radius 1 is 1.10 bits per heavy atom. The maximum atomic E-state index is 12.6. The van der Waals surface area contributed by atoms with Crippen LogP contribution in [0.2, 0.25) is 0 Å². The van der Waals surface area contributed by atoms with Crippen molar-refractivity contribution in [2.24, 2.45) is 0 Å². The van der Waals surface area contributed by atoms with Crippen molar-refractivity contribution in [2.45, 2.75) is 13.8 Å². The number of fused-ring (bicyclic) bond motifs is 1. The van der Waals surface area contributed by atoms with E-state index in [-0.39, 0.29) is 5.91 Å². The zero-order valence-electron chi connectivity index (χ0n) is 16.0. The highest BCUT2D eigenvalue weighted by Crippen LogP contribution is 2.23. The number of nitrogens with one attached hydrogen (secondary N) is 1. The molecule has 0 bridgehead atoms. The van der Waals surface area contributed by atoms with Crippen molar-refractivity contribution in [1.82, 2.24) is 14.6 Å². The van der Waals surface area contributed by atoms with E-state index in [4.69, 9.17) is 4.74 Å². The summed E-state index contributed by atoms with van der Waals surface area (Å²) in [5.41, 5.74) is 4.32. The van der Waals surface area contributed by atoms with E-state index >= 15 is 0 Å². The Kier molecular flexibility index (Phi) is 5.31. The number of amides is 1. The Hall–Kier alpha value is -3.19. The summed E-state index contributed by atoms with van der Waals surface area (Å²) in [5, 5.41) is 7.27. The second-order valence-electron chi connectivity index (χ2n) is 6.50. The first-order valence-corrected chi connectivity index (χ1v) is 10.0. The third kappa shape index (κ3) is 4.14. The quantitative estimate of drug-likeness (QED) is 0.458. The fourth-order valence-corrected chi connectivity index (χ4v) is 3.27. The second kappa shape index (κ2) is 8.05. The van der Waals surface area contributed by atoms with Crippen molar-refractivity contribution in [3.63, 3.8) is 0 Å². The predicted molar refractivity (Wildman–Crippen MR) is 116 cm³/mol. The normalized spacial score (nSPS) is 10.9. The van der Waals surface area contributed by atoms with Gasteiger partial charge in [-0.15, -0.1) is 0 Å². The summed E-state index contributed by atoms with van der Waals surface area (Å²) in [6, 6.07) is 18.8. The number of anilines is 1. The summed E-state index contributed by atoms with van der Waals surface area (Å²) in [5.74, 6) is 0.546. The number of nitrogens with zero attached hydrogens (tertiary/aromatic N) is 3. The molecule has 0 fully saturated rings. The number of carbonyl (C=O) groups is 1. The minimum Gasteiger partial charge on any atom is -0.494 e. The lowest BCUT2D eigenvalue weighted by Crippen LogP contribution is -2.12. The lowest BCUT2D eigenvalue weighted by molar-refractivity contribution is 0.102. The summed E-state index contributed by atoms with van der Waals surface area (Å²) in [6.45, 7) is 4.52. The van der Waals surface area contributed by atoms with E-state index in [0.29, 0.717) is 23.6 Å². The average molecular weight is 451 g/mol. The van der Waals surface area contributed by atoms with E-state index < -0.39 is 0 Å². The van der Waals surface area contributed by atoms with Crippen molar-refractivity contribution >= 4 is 33.2 Å². The molecular formula is C22H19BrN4O2. The van der Waals surface area contributed by atoms with Gasteiger partial charge in [0.05, 0.1) is 12.3 Å². The Morgan fingerprint density at radius 3 is 2.52 bits per heavy atom. The molecule has 0 saturated heterocycles. The molecule has 6 nitrogen and oxygen atoms in total. The third-order valence-corrected chi connectivity index (χ3v) is 4.93. The van der Waals surface area contributed by atoms with E-state index in [1.807, 2.05) is 68.4 Å². The largest absolute Gasteiger partial charge is 0.494 e. The topological polar surface area (TPSA) is 68.5 Å². The molecule has 0 aliphatic heterocycles. The van der Waals surface area contributed by atoms with Crippen LogP contribution in [0.5, 0.6) is 5.75 Å². The predicted octanol–water partition coefficient (Wildman–Crippen LogP) is 5.12. The summed E-state index contributed by atoms with van der Waals surface area (Å²) < 4.78 is 8.12. The maximum Gasteiger partial charge on any atom is 0.276 e. The van der Waals surface area contributed by atoms with Crippen molar-refractivity contribution in [3.05, 3.63) is 76.5 Å². The van der Waals surface area contributed by atoms with E-state index in [9.17, 15) is 4.79 Å². The highest BCUT2D eigenvalue weighted by Gasteiger charge is 2.14. The molecule has 2 aromatic carbocycles. The average Bonchev–Trinajstić information content (AvgIpc) is 3.16. The fraction of sp³-hybridized carbons (Fsp3) is 0.136. The molecule has 0 radical (unpaired) electrons. The van der Waals surface area contributed by atoms with Crippen molar-refractivity contribution in [1.29, 1.82) is 0 Å². The molecule has 2 aromatic heterocycles. The molecule has 0 saturated carbocycles. The molecule has 146 valence electrons. The minimum absolute atomic E-state index is 0.278. The fourth-order valence-electron chi connectivity index (χ4n) is 3.00. The van der Waals surface area contributed by atoms with Crippen LogP contribution in [0.15, 0.2) is 65.1 Å². The number of hydrogen-bond donors (Lipinski definition) is 1. The van der Waals surface area contributed by atoms with E-state index in [1.54, 1.807) is 10.6 Å². The summed E-state index contributed by atoms with van der Waals surface area (Å²) in [6.07, 6.45) is 0. The van der Waals surface area contributed by atoms with Gasteiger partial charge in [0.15, 0.2) is 11.3 Å². The van der Waals surface area contributed by atoms with Crippen LogP contribution in [0.4, 0.5) is 5.69 Å². The lowest BCUT2D eigenvalue weighted by atomic mass is 10.1. The molecule has 7 heteroatoms. The number of halogens is 1. The molecule has 1 N–H and O–H groups in total. The molecule has 0 aliphatic carbocycles. The second-order valence-corrected chi connectivity index (χ2v) is 7.42. The molecule has 1 amide bonds. The molecule has 4 aromatic rings. The van der Waals surface area contributed by atoms with Crippen LogP contribution in [-0.4, -0.2) is 27.1 Å². The van der Waals surface area contributed by atoms with Crippen LogP contribution in [0.3, 0.4) is 0 Å². The van der Waals surface area contributed by atoms with Crippen LogP contribution in [0, 0.1) is 6.92 Å². The first-order valence-electron chi connectivity index (χ1n) is 9.21. The van der Waals surface area contributed by atoms with Crippen LogP contribution < -0.4 is 10.1 Å². The third-order valence-electron chi connectivity index (χ3n) is 4.40. The zero-order valence-corrected chi connectivity index (χ0v) is 17.6. The van der Waals surface area contributed by atoms with Crippen LogP contribution in [-0.2, 0) is 0 Å². The summed E-state index contributed by atoms with van der Waals surface area (Å²) in [7, 11) is 0. The summed E-state index contributed by atoms with van der Waals surface area (Å²) >= 11 is 3.38. The first kappa shape index (κ1) is 19.1. The van der Waals surface area contributed by atoms with Crippen LogP contribution in [0.1, 0.15) is 23.1 Å². The minimum atomic E-state index is -0.278. The number of aromatic nitrogens is 3. The molecule has 0 atom stereocenters. The van der Waals surface area contributed by atoms with E-state index in [0.717, 1.165) is 27.2 Å². The van der Waals surface area contributed by atoms with Gasteiger partial charge in [0.1, 0.15) is 5.75 Å². The highest BCUT2D eigenvalue weighted by atomic mass is 79.9. The Morgan fingerprint density at radius 2 is 1.83 bits per heavy atom. The SMILES string of the molecule is CCOc1ccc(-c2cc(C)n3nc(C(=O)Nc4ccc(Br)cc4)cc3n2)cc1. The number of hydrogen-bond acceptors (Lipinski definition) is 4. The zero-order chi connectivity index (χ0) is 20.4. The molecular weight excluding hydrogens is 432 g/mol. The van der Waals surface area contributed by atoms with Gasteiger partial charge in [-0.25, -0.2) is 9.50 Å². The number of aryl methyl sites for hydroxylation is 1. The Labute approximate surface area is 176 Å². The van der Waals surface area contributed by atoms with Gasteiger partial charge in [0.25, 0.3) is 5.91 Å². The van der Waals surface area contributed by atoms with Crippen molar-refractivity contribution in [3.8, 4) is 17.0 Å². The van der Waals surface area contributed by atoms with Crippen molar-refractivity contribution < 1.29 is 9.53 Å². The van der Waals surface area contributed by atoms with Crippen molar-refractivity contribution in [2.75, 3.05) is 11.9 Å². The Balaban J connectivity index is 1.62. The van der Waals surface area contributed by atoms with Crippen LogP contribution in [0.25, 0.3) is 16.9 Å². The van der Waals surface area contributed by atoms with Gasteiger partial charge in [-0.3, -0.25) is 4.79 Å². The number of ether oxygens (including phenoxy) is 1. The number of rotatable bonds is 5. The van der Waals surface area contributed by atoms with Gasteiger partial charge >= 0.3 is 0 Å². The van der Waals surface area contributed by atoms with Gasteiger partial charge in [-0.1, -0.05) is 15.9 Å². The van der Waals surface area contributed by atoms with E-state index in [2.05, 4.69) is 31.3 Å². The smallest absolute Gasteiger partial charge is 0.276 e. The first-order chi connectivity index (χ1) is 14.0. The molecule has 29 heavy (non-hydrogen) atoms.